The van der Waals surface area contributed by atoms with Gasteiger partial charge in [0.2, 0.25) is 10.0 Å². The number of sulfonamides is 1. The molecule has 0 unspecified atom stereocenters. The second-order valence-electron chi connectivity index (χ2n) is 5.56. The van der Waals surface area contributed by atoms with Crippen molar-refractivity contribution < 1.29 is 23.0 Å². The lowest BCUT2D eigenvalue weighted by molar-refractivity contribution is 0.363. The van der Waals surface area contributed by atoms with Crippen LogP contribution in [0.5, 0.6) is 17.2 Å². The fourth-order valence-electron chi connectivity index (χ4n) is 2.81. The zero-order valence-electron chi connectivity index (χ0n) is 13.5. The Balaban J connectivity index is 1.90. The minimum atomic E-state index is -3.58. The predicted molar refractivity (Wildman–Crippen MR) is 89.0 cm³/mol. The van der Waals surface area contributed by atoms with Crippen molar-refractivity contribution in [2.24, 2.45) is 0 Å². The maximum absolute atomic E-state index is 12.8. The number of rotatable bonds is 4. The first-order valence-corrected chi connectivity index (χ1v) is 8.92. The highest BCUT2D eigenvalue weighted by Crippen LogP contribution is 2.34. The fraction of sp³-hybridized carbons (Fsp3) is 0.294. The van der Waals surface area contributed by atoms with Gasteiger partial charge in [-0.1, -0.05) is 0 Å². The molecule has 0 atom stereocenters. The quantitative estimate of drug-likeness (QED) is 0.915. The molecule has 1 heterocycles. The third-order valence-corrected chi connectivity index (χ3v) is 6.03. The zero-order chi connectivity index (χ0) is 17.3. The van der Waals surface area contributed by atoms with Crippen molar-refractivity contribution in [2.75, 3.05) is 20.8 Å². The summed E-state index contributed by atoms with van der Waals surface area (Å²) in [4.78, 5) is 0.234. The van der Waals surface area contributed by atoms with Crippen molar-refractivity contribution in [3.8, 4) is 17.2 Å². The van der Waals surface area contributed by atoms with Gasteiger partial charge in [-0.05, 0) is 53.9 Å². The number of aromatic hydroxyl groups is 1. The molecule has 1 N–H and O–H groups in total. The van der Waals surface area contributed by atoms with Crippen LogP contribution in [0.15, 0.2) is 41.3 Å². The van der Waals surface area contributed by atoms with Gasteiger partial charge in [-0.3, -0.25) is 0 Å². The lowest BCUT2D eigenvalue weighted by atomic mass is 10.0. The van der Waals surface area contributed by atoms with E-state index in [0.717, 1.165) is 11.1 Å². The second kappa shape index (κ2) is 6.33. The van der Waals surface area contributed by atoms with Crippen molar-refractivity contribution >= 4 is 10.0 Å². The first-order chi connectivity index (χ1) is 11.5. The number of methoxy groups -OCH3 is 2. The maximum atomic E-state index is 12.8. The highest BCUT2D eigenvalue weighted by Gasteiger charge is 2.29. The number of ether oxygens (including phenoxy) is 2. The van der Waals surface area contributed by atoms with E-state index >= 15 is 0 Å². The Hall–Kier alpha value is -2.25. The topological polar surface area (TPSA) is 76.1 Å². The molecule has 0 bridgehead atoms. The largest absolute Gasteiger partial charge is 0.504 e. The average molecular weight is 349 g/mol. The van der Waals surface area contributed by atoms with Crippen LogP contribution in [0.3, 0.4) is 0 Å². The van der Waals surface area contributed by atoms with Crippen molar-refractivity contribution in [3.05, 3.63) is 47.5 Å². The molecule has 0 spiro atoms. The summed E-state index contributed by atoms with van der Waals surface area (Å²) >= 11 is 0. The van der Waals surface area contributed by atoms with Gasteiger partial charge in [-0.25, -0.2) is 8.42 Å². The molecule has 128 valence electrons. The van der Waals surface area contributed by atoms with Crippen LogP contribution in [0.4, 0.5) is 0 Å². The molecule has 0 aromatic heterocycles. The van der Waals surface area contributed by atoms with Crippen molar-refractivity contribution in [1.29, 1.82) is 0 Å². The molecule has 1 aliphatic heterocycles. The van der Waals surface area contributed by atoms with Gasteiger partial charge in [0.15, 0.2) is 11.5 Å². The van der Waals surface area contributed by atoms with Gasteiger partial charge in [0.05, 0.1) is 19.1 Å². The molecule has 2 aromatic carbocycles. The van der Waals surface area contributed by atoms with Crippen LogP contribution >= 0.6 is 0 Å². The van der Waals surface area contributed by atoms with E-state index < -0.39 is 10.0 Å². The summed E-state index contributed by atoms with van der Waals surface area (Å²) in [5.74, 6) is 1.03. The fourth-order valence-corrected chi connectivity index (χ4v) is 4.23. The van der Waals surface area contributed by atoms with Gasteiger partial charge < -0.3 is 14.6 Å². The second-order valence-corrected chi connectivity index (χ2v) is 7.49. The number of phenolic OH excluding ortho intramolecular Hbond substituents is 1. The van der Waals surface area contributed by atoms with E-state index in [2.05, 4.69) is 0 Å². The zero-order valence-corrected chi connectivity index (χ0v) is 14.3. The SMILES string of the molecule is COc1ccc(S(=O)(=O)N2CCc3cc(O)c(OC)cc3C2)cc1. The minimum absolute atomic E-state index is 0.0720. The van der Waals surface area contributed by atoms with Crippen LogP contribution in [0.2, 0.25) is 0 Å². The summed E-state index contributed by atoms with van der Waals surface area (Å²) in [6.45, 7) is 0.619. The van der Waals surface area contributed by atoms with Crippen molar-refractivity contribution in [2.45, 2.75) is 17.9 Å². The number of phenols is 1. The number of benzene rings is 2. The minimum Gasteiger partial charge on any atom is -0.504 e. The summed E-state index contributed by atoms with van der Waals surface area (Å²) in [7, 11) is -0.581. The molecule has 24 heavy (non-hydrogen) atoms. The molecule has 0 aliphatic carbocycles. The van der Waals surface area contributed by atoms with Crippen LogP contribution < -0.4 is 9.47 Å². The summed E-state index contributed by atoms with van der Waals surface area (Å²) in [6.07, 6.45) is 0.544. The van der Waals surface area contributed by atoms with Gasteiger partial charge in [0.1, 0.15) is 5.75 Å². The Morgan fingerprint density at radius 2 is 1.75 bits per heavy atom. The van der Waals surface area contributed by atoms with E-state index in [0.29, 0.717) is 24.5 Å². The van der Waals surface area contributed by atoms with E-state index in [1.165, 1.54) is 18.5 Å². The molecule has 0 amide bonds. The molecule has 0 saturated heterocycles. The molecular formula is C17H19NO5S. The van der Waals surface area contributed by atoms with E-state index in [1.54, 1.807) is 36.4 Å². The van der Waals surface area contributed by atoms with Crippen LogP contribution in [-0.4, -0.2) is 38.6 Å². The first kappa shape index (κ1) is 16.6. The van der Waals surface area contributed by atoms with Gasteiger partial charge in [0, 0.05) is 13.1 Å². The summed E-state index contributed by atoms with van der Waals surface area (Å²) in [5.41, 5.74) is 1.78. The molecule has 0 saturated carbocycles. The first-order valence-electron chi connectivity index (χ1n) is 7.48. The highest BCUT2D eigenvalue weighted by atomic mass is 32.2. The Kier molecular flexibility index (Phi) is 4.38. The Morgan fingerprint density at radius 3 is 2.38 bits per heavy atom. The summed E-state index contributed by atoms with van der Waals surface area (Å²) < 4.78 is 37.3. The van der Waals surface area contributed by atoms with E-state index in [1.807, 2.05) is 0 Å². The summed E-state index contributed by atoms with van der Waals surface area (Å²) in [5, 5.41) is 9.85. The number of nitrogens with zero attached hydrogens (tertiary/aromatic N) is 1. The van der Waals surface area contributed by atoms with E-state index in [9.17, 15) is 13.5 Å². The molecular weight excluding hydrogens is 330 g/mol. The van der Waals surface area contributed by atoms with Gasteiger partial charge in [0.25, 0.3) is 0 Å². The average Bonchev–Trinajstić information content (AvgIpc) is 2.60. The lowest BCUT2D eigenvalue weighted by Crippen LogP contribution is -2.35. The van der Waals surface area contributed by atoms with Crippen LogP contribution in [0.25, 0.3) is 0 Å². The maximum Gasteiger partial charge on any atom is 0.243 e. The van der Waals surface area contributed by atoms with Crippen LogP contribution in [0.1, 0.15) is 11.1 Å². The Bertz CT molecular complexity index is 846. The third-order valence-electron chi connectivity index (χ3n) is 4.18. The lowest BCUT2D eigenvalue weighted by Gasteiger charge is -2.28. The van der Waals surface area contributed by atoms with E-state index in [4.69, 9.17) is 9.47 Å². The molecule has 3 rings (SSSR count). The van der Waals surface area contributed by atoms with Crippen LogP contribution in [-0.2, 0) is 23.0 Å². The normalized spacial score (nSPS) is 14.9. The Morgan fingerprint density at radius 1 is 1.04 bits per heavy atom. The van der Waals surface area contributed by atoms with Gasteiger partial charge in [-0.15, -0.1) is 0 Å². The standard InChI is InChI=1S/C17H19NO5S/c1-22-14-3-5-15(6-4-14)24(20,21)18-8-7-12-9-16(19)17(23-2)10-13(12)11-18/h3-6,9-10,19H,7-8,11H2,1-2H3. The van der Waals surface area contributed by atoms with E-state index in [-0.39, 0.29) is 17.2 Å². The third kappa shape index (κ3) is 2.92. The Labute approximate surface area is 141 Å². The molecule has 2 aromatic rings. The number of fused-ring (bicyclic) bond motifs is 1. The molecule has 0 fully saturated rings. The summed E-state index contributed by atoms with van der Waals surface area (Å²) in [6, 6.07) is 9.69. The smallest absolute Gasteiger partial charge is 0.243 e. The predicted octanol–water partition coefficient (Wildman–Crippen LogP) is 2.16. The number of hydrogen-bond donors (Lipinski definition) is 1. The van der Waals surface area contributed by atoms with Crippen molar-refractivity contribution in [1.82, 2.24) is 4.31 Å². The monoisotopic (exact) mass is 349 g/mol. The molecule has 0 radical (unpaired) electrons. The highest BCUT2D eigenvalue weighted by molar-refractivity contribution is 7.89. The van der Waals surface area contributed by atoms with Crippen molar-refractivity contribution in [3.63, 3.8) is 0 Å². The van der Waals surface area contributed by atoms with Crippen LogP contribution in [0, 0.1) is 0 Å². The van der Waals surface area contributed by atoms with Gasteiger partial charge in [-0.2, -0.15) is 4.31 Å². The molecule has 6 nitrogen and oxygen atoms in total. The number of hydrogen-bond acceptors (Lipinski definition) is 5. The molecule has 1 aliphatic rings. The van der Waals surface area contributed by atoms with Gasteiger partial charge >= 0.3 is 0 Å². The molecule has 7 heteroatoms.